The molecule has 1 aromatic carbocycles. The highest BCUT2D eigenvalue weighted by Crippen LogP contribution is 2.18. The molecule has 0 aliphatic heterocycles. The first kappa shape index (κ1) is 27.1. The van der Waals surface area contributed by atoms with Crippen LogP contribution in [0, 0.1) is 0 Å². The van der Waals surface area contributed by atoms with Crippen LogP contribution in [0.5, 0.6) is 5.75 Å². The van der Waals surface area contributed by atoms with E-state index in [1.165, 1.54) is 5.56 Å². The van der Waals surface area contributed by atoms with E-state index in [2.05, 4.69) is 27.0 Å². The zero-order valence-electron chi connectivity index (χ0n) is 19.0. The number of aromatic amines is 1. The van der Waals surface area contributed by atoms with Crippen LogP contribution >= 0.6 is 0 Å². The number of hydrogen-bond acceptors (Lipinski definition) is 8. The molecular weight excluding hydrogens is 462 g/mol. The summed E-state index contributed by atoms with van der Waals surface area (Å²) in [6, 6.07) is 12.0. The summed E-state index contributed by atoms with van der Waals surface area (Å²) in [4.78, 5) is 40.2. The Labute approximate surface area is 200 Å². The molecule has 12 heteroatoms. The molecule has 12 nitrogen and oxygen atoms in total. The van der Waals surface area contributed by atoms with Crippen LogP contribution in [-0.4, -0.2) is 65.9 Å². The monoisotopic (exact) mass is 489 g/mol. The highest BCUT2D eigenvalue weighted by atomic mass is 16.5. The molecule has 0 aliphatic carbocycles. The van der Waals surface area contributed by atoms with Crippen LogP contribution in [0.15, 0.2) is 59.5 Å². The third kappa shape index (κ3) is 9.31. The average molecular weight is 489 g/mol. The number of carboxylic acid groups (broad SMARTS) is 3. The van der Waals surface area contributed by atoms with Gasteiger partial charge in [0.2, 0.25) is 0 Å². The van der Waals surface area contributed by atoms with Crippen LogP contribution < -0.4 is 4.74 Å². The second kappa shape index (κ2) is 12.9. The summed E-state index contributed by atoms with van der Waals surface area (Å²) < 4.78 is 10.8. The van der Waals surface area contributed by atoms with E-state index in [0.29, 0.717) is 0 Å². The van der Waals surface area contributed by atoms with Gasteiger partial charge in [-0.05, 0) is 29.8 Å². The van der Waals surface area contributed by atoms with Crippen molar-refractivity contribution >= 4 is 17.9 Å². The van der Waals surface area contributed by atoms with Gasteiger partial charge >= 0.3 is 17.9 Å². The maximum Gasteiger partial charge on any atom is 0.336 e. The highest BCUT2D eigenvalue weighted by Gasteiger charge is 2.40. The van der Waals surface area contributed by atoms with Gasteiger partial charge in [0, 0.05) is 18.9 Å². The van der Waals surface area contributed by atoms with Crippen LogP contribution in [0.4, 0.5) is 0 Å². The topological polar surface area (TPSA) is 186 Å². The second-order valence-electron chi connectivity index (χ2n) is 7.59. The first-order valence-electron chi connectivity index (χ1n) is 10.4. The van der Waals surface area contributed by atoms with Gasteiger partial charge in [0.15, 0.2) is 5.60 Å². The Morgan fingerprint density at radius 1 is 1.06 bits per heavy atom. The van der Waals surface area contributed by atoms with Crippen LogP contribution in [0.2, 0.25) is 0 Å². The number of nitrogens with zero attached hydrogens (tertiary/aromatic N) is 2. The number of hydrogen-bond donors (Lipinski definition) is 5. The van der Waals surface area contributed by atoms with Gasteiger partial charge < -0.3 is 34.6 Å². The summed E-state index contributed by atoms with van der Waals surface area (Å²) in [5.41, 5.74) is -1.55. The number of carboxylic acids is 3. The van der Waals surface area contributed by atoms with Gasteiger partial charge in [0.05, 0.1) is 39.3 Å². The lowest BCUT2D eigenvalue weighted by Crippen LogP contribution is -2.42. The molecule has 0 fully saturated rings. The third-order valence-corrected chi connectivity index (χ3v) is 4.71. The molecule has 2 aromatic heterocycles. The molecule has 2 heterocycles. The van der Waals surface area contributed by atoms with Gasteiger partial charge in [-0.2, -0.15) is 0 Å². The summed E-state index contributed by atoms with van der Waals surface area (Å²) in [6.07, 6.45) is 3.02. The Morgan fingerprint density at radius 2 is 1.77 bits per heavy atom. The van der Waals surface area contributed by atoms with Crippen molar-refractivity contribution in [2.24, 2.45) is 0 Å². The minimum absolute atomic E-state index is 0.727. The SMILES string of the molecule is COc1cccc(CN(Cc2ncc[nH]2)Cc2ccco2)c1.O=C(O)CC(O)(CC(=O)O)C(=O)O. The molecule has 3 aromatic rings. The largest absolute Gasteiger partial charge is 0.497 e. The molecule has 35 heavy (non-hydrogen) atoms. The maximum atomic E-state index is 10.3. The van der Waals surface area contributed by atoms with E-state index in [1.807, 2.05) is 30.5 Å². The van der Waals surface area contributed by atoms with Crippen molar-refractivity contribution in [1.29, 1.82) is 0 Å². The minimum atomic E-state index is -2.74. The number of imidazole rings is 1. The molecule has 0 bridgehead atoms. The number of rotatable bonds is 12. The van der Waals surface area contributed by atoms with E-state index in [4.69, 9.17) is 29.6 Å². The van der Waals surface area contributed by atoms with Crippen molar-refractivity contribution in [3.63, 3.8) is 0 Å². The van der Waals surface area contributed by atoms with E-state index < -0.39 is 36.4 Å². The molecule has 0 aliphatic rings. The minimum Gasteiger partial charge on any atom is -0.497 e. The zero-order chi connectivity index (χ0) is 25.8. The van der Waals surface area contributed by atoms with E-state index in [9.17, 15) is 14.4 Å². The lowest BCUT2D eigenvalue weighted by atomic mass is 9.96. The molecule has 5 N–H and O–H groups in total. The molecule has 0 atom stereocenters. The van der Waals surface area contributed by atoms with Crippen molar-refractivity contribution < 1.29 is 44.0 Å². The van der Waals surface area contributed by atoms with Gasteiger partial charge in [-0.15, -0.1) is 0 Å². The molecule has 0 saturated carbocycles. The lowest BCUT2D eigenvalue weighted by molar-refractivity contribution is -0.170. The van der Waals surface area contributed by atoms with E-state index >= 15 is 0 Å². The number of aliphatic carboxylic acids is 3. The predicted molar refractivity (Wildman–Crippen MR) is 120 cm³/mol. The number of nitrogens with one attached hydrogen (secondary N) is 1. The van der Waals surface area contributed by atoms with Crippen molar-refractivity contribution in [2.45, 2.75) is 38.1 Å². The fourth-order valence-corrected chi connectivity index (χ4v) is 3.13. The van der Waals surface area contributed by atoms with E-state index in [-0.39, 0.29) is 0 Å². The number of methoxy groups -OCH3 is 1. The molecule has 0 spiro atoms. The first-order valence-corrected chi connectivity index (χ1v) is 10.4. The number of aliphatic hydroxyl groups is 1. The maximum absolute atomic E-state index is 10.3. The van der Waals surface area contributed by atoms with E-state index in [1.54, 1.807) is 19.6 Å². The summed E-state index contributed by atoms with van der Waals surface area (Å²) in [6.45, 7) is 2.24. The normalized spacial score (nSPS) is 10.9. The summed E-state index contributed by atoms with van der Waals surface area (Å²) in [5.74, 6) is -2.27. The zero-order valence-corrected chi connectivity index (χ0v) is 19.0. The summed E-state index contributed by atoms with van der Waals surface area (Å²) in [7, 11) is 1.68. The van der Waals surface area contributed by atoms with Crippen LogP contribution in [-0.2, 0) is 34.0 Å². The predicted octanol–water partition coefficient (Wildman–Crippen LogP) is 1.97. The quantitative estimate of drug-likeness (QED) is 0.250. The molecule has 0 saturated heterocycles. The fourth-order valence-electron chi connectivity index (χ4n) is 3.13. The number of aromatic nitrogens is 2. The van der Waals surface area contributed by atoms with E-state index in [0.717, 1.165) is 37.0 Å². The second-order valence-corrected chi connectivity index (χ2v) is 7.59. The number of H-pyrrole nitrogens is 1. The third-order valence-electron chi connectivity index (χ3n) is 4.71. The Bertz CT molecular complexity index is 1030. The smallest absolute Gasteiger partial charge is 0.336 e. The summed E-state index contributed by atoms with van der Waals surface area (Å²) >= 11 is 0. The fraction of sp³-hybridized carbons (Fsp3) is 0.304. The number of carbonyl (C=O) groups is 3. The number of furan rings is 1. The van der Waals surface area contributed by atoms with Crippen LogP contribution in [0.3, 0.4) is 0 Å². The Hall–Kier alpha value is -4.16. The van der Waals surface area contributed by atoms with Gasteiger partial charge in [-0.1, -0.05) is 12.1 Å². The van der Waals surface area contributed by atoms with Crippen molar-refractivity contribution in [3.05, 3.63) is 72.2 Å². The molecule has 0 unspecified atom stereocenters. The van der Waals surface area contributed by atoms with Gasteiger partial charge in [0.25, 0.3) is 0 Å². The van der Waals surface area contributed by atoms with Crippen molar-refractivity contribution in [3.8, 4) is 5.75 Å². The standard InChI is InChI=1S/C17H19N3O2.C6H8O7/c1-21-15-5-2-4-14(10-15)11-20(12-16-6-3-9-22-16)13-17-18-7-8-19-17;7-3(8)1-6(13,5(11)12)2-4(9)10/h2-10H,11-13H2,1H3,(H,18,19);13H,1-2H2,(H,7,8)(H,9,10)(H,11,12). The van der Waals surface area contributed by atoms with Crippen LogP contribution in [0.25, 0.3) is 0 Å². The van der Waals surface area contributed by atoms with Crippen LogP contribution in [0.1, 0.15) is 30.0 Å². The average Bonchev–Trinajstić information content (AvgIpc) is 3.47. The summed E-state index contributed by atoms with van der Waals surface area (Å²) in [5, 5.41) is 33.8. The number of benzene rings is 1. The van der Waals surface area contributed by atoms with Gasteiger partial charge in [-0.25, -0.2) is 9.78 Å². The number of ether oxygens (including phenoxy) is 1. The Balaban J connectivity index is 0.000000287. The molecule has 3 rings (SSSR count). The Morgan fingerprint density at radius 3 is 2.29 bits per heavy atom. The molecular formula is C23H27N3O9. The molecule has 0 radical (unpaired) electrons. The molecule has 0 amide bonds. The van der Waals surface area contributed by atoms with Crippen molar-refractivity contribution in [1.82, 2.24) is 14.9 Å². The van der Waals surface area contributed by atoms with Crippen molar-refractivity contribution in [2.75, 3.05) is 7.11 Å². The lowest BCUT2D eigenvalue weighted by Gasteiger charge is -2.20. The Kier molecular flexibility index (Phi) is 9.99. The van der Waals surface area contributed by atoms with Gasteiger partial charge in [0.1, 0.15) is 17.3 Å². The first-order chi connectivity index (χ1) is 16.6. The highest BCUT2D eigenvalue weighted by molar-refractivity contribution is 5.88. The molecule has 188 valence electrons. The van der Waals surface area contributed by atoms with Gasteiger partial charge in [-0.3, -0.25) is 14.5 Å².